The number of rotatable bonds is 11. The van der Waals surface area contributed by atoms with Gasteiger partial charge in [0.05, 0.1) is 11.4 Å². The number of carbonyl (C=O) groups excluding carboxylic acids is 1. The fourth-order valence-corrected chi connectivity index (χ4v) is 4.35. The lowest BCUT2D eigenvalue weighted by atomic mass is 9.76. The Kier molecular flexibility index (Phi) is 9.57. The molecule has 0 saturated carbocycles. The quantitative estimate of drug-likeness (QED) is 0.330. The highest BCUT2D eigenvalue weighted by Gasteiger charge is 2.40. The summed E-state index contributed by atoms with van der Waals surface area (Å²) in [7, 11) is 0. The molecule has 1 unspecified atom stereocenters. The second kappa shape index (κ2) is 11.8. The first kappa shape index (κ1) is 28.5. The predicted molar refractivity (Wildman–Crippen MR) is 126 cm³/mol. The number of amidine groups is 1. The molecule has 0 spiro atoms. The number of cyclic esters (lactones) is 1. The van der Waals surface area contributed by atoms with Crippen molar-refractivity contribution in [2.75, 3.05) is 6.67 Å². The molecular formula is C25H32F5N3O2. The van der Waals surface area contributed by atoms with Crippen molar-refractivity contribution in [2.45, 2.75) is 83.7 Å². The highest BCUT2D eigenvalue weighted by Crippen LogP contribution is 2.40. The molecule has 194 valence electrons. The number of pyridine rings is 1. The summed E-state index contributed by atoms with van der Waals surface area (Å²) in [5.74, 6) is -3.50. The Hall–Kier alpha value is -2.78. The Bertz CT molecular complexity index is 985. The normalized spacial score (nSPS) is 19.5. The van der Waals surface area contributed by atoms with Crippen LogP contribution in [0.1, 0.15) is 76.8 Å². The number of hydrogen-bond acceptors (Lipinski definition) is 4. The largest absolute Gasteiger partial charge is 0.435 e. The summed E-state index contributed by atoms with van der Waals surface area (Å²) < 4.78 is 76.8. The molecule has 1 aromatic rings. The molecule has 0 bridgehead atoms. The minimum Gasteiger partial charge on any atom is -0.435 e. The van der Waals surface area contributed by atoms with E-state index in [1.54, 1.807) is 0 Å². The predicted octanol–water partition coefficient (Wildman–Crippen LogP) is 7.08. The van der Waals surface area contributed by atoms with Crippen molar-refractivity contribution in [1.82, 2.24) is 10.3 Å². The fourth-order valence-electron chi connectivity index (χ4n) is 4.35. The van der Waals surface area contributed by atoms with Crippen LogP contribution in [0.25, 0.3) is 5.57 Å². The summed E-state index contributed by atoms with van der Waals surface area (Å²) in [5.41, 5.74) is -1.56. The van der Waals surface area contributed by atoms with Gasteiger partial charge >= 0.3 is 6.09 Å². The van der Waals surface area contributed by atoms with Gasteiger partial charge in [-0.05, 0) is 37.5 Å². The van der Waals surface area contributed by atoms with Crippen molar-refractivity contribution in [3.8, 4) is 0 Å². The van der Waals surface area contributed by atoms with E-state index in [2.05, 4.69) is 21.9 Å². The van der Waals surface area contributed by atoms with Crippen LogP contribution in [-0.2, 0) is 16.1 Å². The van der Waals surface area contributed by atoms with Crippen molar-refractivity contribution in [2.24, 2.45) is 4.99 Å². The van der Waals surface area contributed by atoms with E-state index < -0.39 is 43.1 Å². The van der Waals surface area contributed by atoms with Crippen molar-refractivity contribution in [3.05, 3.63) is 47.4 Å². The Morgan fingerprint density at radius 2 is 1.89 bits per heavy atom. The molecule has 1 fully saturated rings. The standard InChI is InChI=1S/C25H32F5N3O2/c1-6-10-24(14-26,11-7-2)18-13-16(25(29,30)8-3)12-17(32-18)15(5)19-20(21(27)28)35-23(34)33-22(19)31-9-4/h9,12-13,20-21H,4,6-8,10-11,14H2,1-3,5H3,(H,31,33,34)/b19-15+. The number of amides is 1. The maximum absolute atomic E-state index is 14.9. The van der Waals surface area contributed by atoms with Gasteiger partial charge in [-0.3, -0.25) is 14.7 Å². The van der Waals surface area contributed by atoms with E-state index in [9.17, 15) is 26.7 Å². The van der Waals surface area contributed by atoms with Crippen LogP contribution < -0.4 is 5.32 Å². The smallest absolute Gasteiger partial charge is 0.413 e. The van der Waals surface area contributed by atoms with Gasteiger partial charge in [-0.2, -0.15) is 0 Å². The fraction of sp³-hybridized carbons (Fsp3) is 0.560. The number of hydrogen-bond donors (Lipinski definition) is 1. The monoisotopic (exact) mass is 501 g/mol. The molecule has 0 aliphatic carbocycles. The second-order valence-corrected chi connectivity index (χ2v) is 8.58. The molecule has 35 heavy (non-hydrogen) atoms. The molecule has 1 N–H and O–H groups in total. The van der Waals surface area contributed by atoms with Crippen LogP contribution in [0.3, 0.4) is 0 Å². The van der Waals surface area contributed by atoms with Crippen LogP contribution in [0.15, 0.2) is 35.5 Å². The molecule has 1 aromatic heterocycles. The molecule has 1 atom stereocenters. The van der Waals surface area contributed by atoms with Crippen LogP contribution in [0, 0.1) is 0 Å². The van der Waals surface area contributed by atoms with E-state index in [1.807, 2.05) is 13.8 Å². The summed E-state index contributed by atoms with van der Waals surface area (Å²) in [6, 6.07) is 2.33. The molecule has 1 amide bonds. The summed E-state index contributed by atoms with van der Waals surface area (Å²) in [4.78, 5) is 20.2. The molecular weight excluding hydrogens is 469 g/mol. The van der Waals surface area contributed by atoms with Crippen molar-refractivity contribution in [1.29, 1.82) is 0 Å². The molecule has 1 aliphatic heterocycles. The van der Waals surface area contributed by atoms with Crippen LogP contribution in [0.4, 0.5) is 26.7 Å². The van der Waals surface area contributed by atoms with Gasteiger partial charge in [-0.15, -0.1) is 0 Å². The third-order valence-corrected chi connectivity index (χ3v) is 6.18. The van der Waals surface area contributed by atoms with Gasteiger partial charge in [-0.25, -0.2) is 27.3 Å². The Balaban J connectivity index is 2.91. The van der Waals surface area contributed by atoms with Gasteiger partial charge in [-0.1, -0.05) is 40.2 Å². The Morgan fingerprint density at radius 3 is 2.37 bits per heavy atom. The third-order valence-electron chi connectivity index (χ3n) is 6.18. The van der Waals surface area contributed by atoms with E-state index in [4.69, 9.17) is 4.74 Å². The zero-order chi connectivity index (χ0) is 26.4. The lowest BCUT2D eigenvalue weighted by Crippen LogP contribution is -2.47. The number of nitrogens with one attached hydrogen (secondary N) is 1. The third kappa shape index (κ3) is 6.08. The van der Waals surface area contributed by atoms with Gasteiger partial charge in [0.2, 0.25) is 0 Å². The van der Waals surface area contributed by atoms with E-state index in [1.165, 1.54) is 19.9 Å². The lowest BCUT2D eigenvalue weighted by Gasteiger charge is -2.32. The van der Waals surface area contributed by atoms with Gasteiger partial charge in [0.25, 0.3) is 12.3 Å². The zero-order valence-electron chi connectivity index (χ0n) is 20.4. The lowest BCUT2D eigenvalue weighted by molar-refractivity contribution is -0.00863. The summed E-state index contributed by atoms with van der Waals surface area (Å²) in [6.07, 6.45) is -3.77. The molecule has 0 radical (unpaired) electrons. The highest BCUT2D eigenvalue weighted by atomic mass is 19.3. The minimum atomic E-state index is -3.25. The van der Waals surface area contributed by atoms with Crippen molar-refractivity contribution in [3.63, 3.8) is 0 Å². The van der Waals surface area contributed by atoms with Crippen LogP contribution in [0.2, 0.25) is 0 Å². The molecule has 2 rings (SSSR count). The van der Waals surface area contributed by atoms with Gasteiger partial charge < -0.3 is 4.74 Å². The van der Waals surface area contributed by atoms with E-state index in [0.717, 1.165) is 12.3 Å². The number of aromatic nitrogens is 1. The van der Waals surface area contributed by atoms with Crippen LogP contribution in [0.5, 0.6) is 0 Å². The number of nitrogens with zero attached hydrogens (tertiary/aromatic N) is 2. The molecule has 2 heterocycles. The summed E-state index contributed by atoms with van der Waals surface area (Å²) in [5, 5.41) is 2.25. The first-order valence-corrected chi connectivity index (χ1v) is 11.6. The topological polar surface area (TPSA) is 63.6 Å². The number of alkyl carbamates (subject to hydrolysis) is 1. The first-order valence-electron chi connectivity index (χ1n) is 11.6. The SMILES string of the molecule is C=CN=C1NC(=O)OC(C(F)F)/C1=C(/C)c1cc(C(F)(F)CC)cc(C(CF)(CCC)CCC)n1. The molecule has 1 aliphatic rings. The maximum atomic E-state index is 14.9. The van der Waals surface area contributed by atoms with Crippen molar-refractivity contribution >= 4 is 17.5 Å². The van der Waals surface area contributed by atoms with Gasteiger partial charge in [0.1, 0.15) is 12.5 Å². The van der Waals surface area contributed by atoms with E-state index in [0.29, 0.717) is 25.7 Å². The Labute approximate surface area is 202 Å². The van der Waals surface area contributed by atoms with Crippen LogP contribution in [-0.4, -0.2) is 36.1 Å². The zero-order valence-corrected chi connectivity index (χ0v) is 20.4. The maximum Gasteiger partial charge on any atom is 0.413 e. The number of ether oxygens (including phenoxy) is 1. The second-order valence-electron chi connectivity index (χ2n) is 8.58. The minimum absolute atomic E-state index is 0.0478. The van der Waals surface area contributed by atoms with Gasteiger partial charge in [0, 0.05) is 29.2 Å². The van der Waals surface area contributed by atoms with E-state index in [-0.39, 0.29) is 33.9 Å². The number of aliphatic imine (C=N–C) groups is 1. The average molecular weight is 502 g/mol. The molecule has 0 aromatic carbocycles. The highest BCUT2D eigenvalue weighted by molar-refractivity contribution is 6.13. The summed E-state index contributed by atoms with van der Waals surface area (Å²) in [6.45, 7) is 9.08. The van der Waals surface area contributed by atoms with Gasteiger partial charge in [0.15, 0.2) is 6.10 Å². The number of alkyl halides is 5. The van der Waals surface area contributed by atoms with Crippen molar-refractivity contribution < 1.29 is 31.5 Å². The molecule has 1 saturated heterocycles. The molecule has 5 nitrogen and oxygen atoms in total. The average Bonchev–Trinajstić information content (AvgIpc) is 2.82. The summed E-state index contributed by atoms with van der Waals surface area (Å²) >= 11 is 0. The van der Waals surface area contributed by atoms with Crippen LogP contribution >= 0.6 is 0 Å². The number of carbonyl (C=O) groups is 1. The number of halogens is 5. The van der Waals surface area contributed by atoms with E-state index >= 15 is 0 Å². The Morgan fingerprint density at radius 1 is 1.26 bits per heavy atom. The first-order chi connectivity index (χ1) is 16.5. The number of allylic oxidation sites excluding steroid dienone is 1. The molecule has 10 heteroatoms.